The predicted molar refractivity (Wildman–Crippen MR) is 71.2 cm³/mol. The van der Waals surface area contributed by atoms with Gasteiger partial charge in [0, 0.05) is 6.54 Å². The van der Waals surface area contributed by atoms with Crippen LogP contribution in [0, 0.1) is 12.8 Å². The van der Waals surface area contributed by atoms with Crippen molar-refractivity contribution < 1.29 is 18.3 Å². The van der Waals surface area contributed by atoms with Crippen LogP contribution in [0.1, 0.15) is 24.0 Å². The molecule has 1 aromatic rings. The van der Waals surface area contributed by atoms with Crippen LogP contribution in [0.5, 0.6) is 0 Å². The second-order valence-corrected chi connectivity index (χ2v) is 5.59. The van der Waals surface area contributed by atoms with E-state index < -0.39 is 18.2 Å². The van der Waals surface area contributed by atoms with Crippen LogP contribution in [0.4, 0.5) is 13.2 Å². The highest BCUT2D eigenvalue weighted by Gasteiger charge is 2.44. The van der Waals surface area contributed by atoms with Crippen molar-refractivity contribution in [1.82, 2.24) is 4.90 Å². The van der Waals surface area contributed by atoms with Gasteiger partial charge in [-0.3, -0.25) is 4.90 Å². The lowest BCUT2D eigenvalue weighted by Crippen LogP contribution is -2.43. The predicted octanol–water partition coefficient (Wildman–Crippen LogP) is 3.13. The molecule has 1 aliphatic rings. The Bertz CT molecular complexity index is 439. The van der Waals surface area contributed by atoms with E-state index in [-0.39, 0.29) is 0 Å². The summed E-state index contributed by atoms with van der Waals surface area (Å²) in [4.78, 5) is 2.15. The molecule has 0 spiro atoms. The Morgan fingerprint density at radius 1 is 1.30 bits per heavy atom. The number of aryl methyl sites for hydroxylation is 1. The molecule has 0 bridgehead atoms. The summed E-state index contributed by atoms with van der Waals surface area (Å²) in [5, 5.41) is 9.28. The van der Waals surface area contributed by atoms with Gasteiger partial charge in [0.1, 0.15) is 0 Å². The zero-order valence-corrected chi connectivity index (χ0v) is 11.5. The number of aliphatic hydroxyl groups is 1. The molecule has 0 aromatic heterocycles. The Labute approximate surface area is 117 Å². The Hall–Kier alpha value is -1.07. The zero-order valence-electron chi connectivity index (χ0n) is 11.5. The van der Waals surface area contributed by atoms with Gasteiger partial charge >= 0.3 is 6.18 Å². The number of hydrogen-bond donors (Lipinski definition) is 1. The van der Waals surface area contributed by atoms with Crippen LogP contribution in [-0.4, -0.2) is 35.4 Å². The van der Waals surface area contributed by atoms with E-state index in [9.17, 15) is 18.3 Å². The van der Waals surface area contributed by atoms with E-state index in [0.717, 1.165) is 6.54 Å². The minimum absolute atomic E-state index is 0.395. The van der Waals surface area contributed by atoms with Crippen LogP contribution < -0.4 is 0 Å². The van der Waals surface area contributed by atoms with Gasteiger partial charge in [0.15, 0.2) is 6.10 Å². The lowest BCUT2D eigenvalue weighted by molar-refractivity contribution is -0.223. The van der Waals surface area contributed by atoms with E-state index in [2.05, 4.69) is 11.0 Å². The third-order valence-corrected chi connectivity index (χ3v) is 3.90. The maximum absolute atomic E-state index is 12.5. The smallest absolute Gasteiger partial charge is 0.383 e. The average Bonchev–Trinajstić information content (AvgIpc) is 2.38. The molecule has 0 amide bonds. The summed E-state index contributed by atoms with van der Waals surface area (Å²) in [5.74, 6) is -0.663. The van der Waals surface area contributed by atoms with Crippen molar-refractivity contribution in [3.63, 3.8) is 0 Å². The largest absolute Gasteiger partial charge is 0.414 e. The van der Waals surface area contributed by atoms with Crippen LogP contribution in [-0.2, 0) is 6.54 Å². The van der Waals surface area contributed by atoms with E-state index in [4.69, 9.17) is 0 Å². The number of piperidine rings is 1. The second-order valence-electron chi connectivity index (χ2n) is 5.59. The quantitative estimate of drug-likeness (QED) is 0.923. The Kier molecular flexibility index (Phi) is 4.70. The maximum Gasteiger partial charge on any atom is 0.414 e. The van der Waals surface area contributed by atoms with Gasteiger partial charge in [0.2, 0.25) is 0 Å². The van der Waals surface area contributed by atoms with Gasteiger partial charge in [0.05, 0.1) is 0 Å². The van der Waals surface area contributed by atoms with Gasteiger partial charge in [-0.1, -0.05) is 29.8 Å². The van der Waals surface area contributed by atoms with Crippen LogP contribution in [0.3, 0.4) is 0 Å². The number of likely N-dealkylation sites (tertiary alicyclic amines) is 1. The minimum atomic E-state index is -4.50. The first-order valence-electron chi connectivity index (χ1n) is 6.89. The highest BCUT2D eigenvalue weighted by atomic mass is 19.4. The third-order valence-electron chi connectivity index (χ3n) is 3.90. The zero-order chi connectivity index (χ0) is 14.8. The first-order chi connectivity index (χ1) is 9.36. The Morgan fingerprint density at radius 2 is 1.95 bits per heavy atom. The van der Waals surface area contributed by atoms with Crippen LogP contribution >= 0.6 is 0 Å². The molecule has 1 N–H and O–H groups in total. The number of benzene rings is 1. The molecule has 1 fully saturated rings. The first-order valence-corrected chi connectivity index (χ1v) is 6.89. The van der Waals surface area contributed by atoms with Crippen molar-refractivity contribution in [2.45, 2.75) is 38.6 Å². The Morgan fingerprint density at radius 3 is 2.50 bits per heavy atom. The molecule has 5 heteroatoms. The van der Waals surface area contributed by atoms with Gasteiger partial charge in [0.25, 0.3) is 0 Å². The van der Waals surface area contributed by atoms with Gasteiger partial charge in [-0.2, -0.15) is 13.2 Å². The molecule has 1 unspecified atom stereocenters. The first kappa shape index (κ1) is 15.3. The average molecular weight is 287 g/mol. The normalized spacial score (nSPS) is 20.1. The monoisotopic (exact) mass is 287 g/mol. The molecule has 0 aliphatic carbocycles. The molecule has 1 aromatic carbocycles. The molecule has 2 rings (SSSR count). The topological polar surface area (TPSA) is 23.5 Å². The molecule has 0 saturated carbocycles. The highest BCUT2D eigenvalue weighted by molar-refractivity contribution is 5.22. The van der Waals surface area contributed by atoms with Crippen molar-refractivity contribution in [2.24, 2.45) is 5.92 Å². The minimum Gasteiger partial charge on any atom is -0.383 e. The molecule has 1 aliphatic heterocycles. The van der Waals surface area contributed by atoms with E-state index in [1.165, 1.54) is 11.1 Å². The number of halogens is 3. The number of hydrogen-bond acceptors (Lipinski definition) is 2. The second kappa shape index (κ2) is 6.14. The van der Waals surface area contributed by atoms with E-state index in [1.807, 2.05) is 25.1 Å². The van der Waals surface area contributed by atoms with E-state index in [0.29, 0.717) is 25.9 Å². The van der Waals surface area contributed by atoms with Crippen molar-refractivity contribution in [1.29, 1.82) is 0 Å². The third kappa shape index (κ3) is 3.96. The molecule has 1 heterocycles. The summed E-state index contributed by atoms with van der Waals surface area (Å²) >= 11 is 0. The fourth-order valence-corrected chi connectivity index (χ4v) is 2.76. The number of alkyl halides is 3. The number of rotatable bonds is 3. The van der Waals surface area contributed by atoms with Gasteiger partial charge in [-0.15, -0.1) is 0 Å². The molecule has 0 radical (unpaired) electrons. The number of aliphatic hydroxyl groups excluding tert-OH is 1. The summed E-state index contributed by atoms with van der Waals surface area (Å²) in [6.45, 7) is 3.99. The van der Waals surface area contributed by atoms with Crippen molar-refractivity contribution >= 4 is 0 Å². The summed E-state index contributed by atoms with van der Waals surface area (Å²) in [7, 11) is 0. The van der Waals surface area contributed by atoms with Gasteiger partial charge in [-0.25, -0.2) is 0 Å². The van der Waals surface area contributed by atoms with Gasteiger partial charge in [-0.05, 0) is 44.3 Å². The lowest BCUT2D eigenvalue weighted by atomic mass is 9.90. The van der Waals surface area contributed by atoms with Crippen LogP contribution in [0.15, 0.2) is 24.3 Å². The van der Waals surface area contributed by atoms with Crippen molar-refractivity contribution in [2.75, 3.05) is 13.1 Å². The van der Waals surface area contributed by atoms with Crippen LogP contribution in [0.25, 0.3) is 0 Å². The summed E-state index contributed by atoms with van der Waals surface area (Å²) in [5.41, 5.74) is 2.37. The van der Waals surface area contributed by atoms with E-state index >= 15 is 0 Å². The molecule has 1 saturated heterocycles. The molecular weight excluding hydrogens is 267 g/mol. The Balaban J connectivity index is 1.86. The summed E-state index contributed by atoms with van der Waals surface area (Å²) < 4.78 is 37.4. The van der Waals surface area contributed by atoms with Gasteiger partial charge < -0.3 is 5.11 Å². The molecule has 2 nitrogen and oxygen atoms in total. The highest BCUT2D eigenvalue weighted by Crippen LogP contribution is 2.31. The fraction of sp³-hybridized carbons (Fsp3) is 0.600. The van der Waals surface area contributed by atoms with E-state index in [1.54, 1.807) is 0 Å². The molecular formula is C15H20F3NO. The summed E-state index contributed by atoms with van der Waals surface area (Å²) in [6.07, 6.45) is -5.88. The number of nitrogens with zero attached hydrogens (tertiary/aromatic N) is 1. The SMILES string of the molecule is Cc1cccc(CN2CCC(C(O)C(F)(F)F)CC2)c1. The maximum atomic E-state index is 12.5. The molecule has 20 heavy (non-hydrogen) atoms. The van der Waals surface area contributed by atoms with Crippen LogP contribution in [0.2, 0.25) is 0 Å². The fourth-order valence-electron chi connectivity index (χ4n) is 2.76. The standard InChI is InChI=1S/C15H20F3NO/c1-11-3-2-4-12(9-11)10-19-7-5-13(6-8-19)14(20)15(16,17)18/h2-4,9,13-14,20H,5-8,10H2,1H3. The van der Waals surface area contributed by atoms with Crippen molar-refractivity contribution in [3.05, 3.63) is 35.4 Å². The lowest BCUT2D eigenvalue weighted by Gasteiger charge is -2.34. The molecule has 1 atom stereocenters. The van der Waals surface area contributed by atoms with Crippen molar-refractivity contribution in [3.8, 4) is 0 Å². The molecule has 112 valence electrons. The summed E-state index contributed by atoms with van der Waals surface area (Å²) in [6, 6.07) is 8.14.